The Morgan fingerprint density at radius 1 is 1.29 bits per heavy atom. The summed E-state index contributed by atoms with van der Waals surface area (Å²) < 4.78 is 4.61. The van der Waals surface area contributed by atoms with Gasteiger partial charge in [-0.25, -0.2) is 0 Å². The molecule has 3 heteroatoms. The summed E-state index contributed by atoms with van der Waals surface area (Å²) in [5.74, 6) is -0.750. The van der Waals surface area contributed by atoms with Gasteiger partial charge in [0.15, 0.2) is 5.78 Å². The number of rotatable bonds is 4. The summed E-state index contributed by atoms with van der Waals surface area (Å²) in [5, 5.41) is 0. The van der Waals surface area contributed by atoms with Crippen LogP contribution in [0.3, 0.4) is 0 Å². The van der Waals surface area contributed by atoms with Gasteiger partial charge in [-0.2, -0.15) is 0 Å². The minimum absolute atomic E-state index is 0.0101. The van der Waals surface area contributed by atoms with Crippen LogP contribution in [0.4, 0.5) is 0 Å². The molecule has 17 heavy (non-hydrogen) atoms. The maximum atomic E-state index is 12.0. The molecule has 0 N–H and O–H groups in total. The van der Waals surface area contributed by atoms with Crippen molar-refractivity contribution in [2.75, 3.05) is 7.11 Å². The Morgan fingerprint density at radius 2 is 1.94 bits per heavy atom. The van der Waals surface area contributed by atoms with Gasteiger partial charge >= 0.3 is 5.97 Å². The predicted molar refractivity (Wildman–Crippen MR) is 66.0 cm³/mol. The molecule has 0 bridgehead atoms. The maximum absolute atomic E-state index is 12.0. The lowest BCUT2D eigenvalue weighted by molar-refractivity contribution is -0.144. The van der Waals surface area contributed by atoms with Crippen LogP contribution in [-0.4, -0.2) is 18.9 Å². The second-order valence-corrected chi connectivity index (χ2v) is 4.37. The second kappa shape index (κ2) is 5.62. The zero-order valence-corrected chi connectivity index (χ0v) is 10.7. The van der Waals surface area contributed by atoms with E-state index in [2.05, 4.69) is 4.74 Å². The van der Waals surface area contributed by atoms with E-state index in [1.807, 2.05) is 32.0 Å². The smallest absolute Gasteiger partial charge is 0.308 e. The highest BCUT2D eigenvalue weighted by Crippen LogP contribution is 2.16. The molecule has 1 unspecified atom stereocenters. The minimum Gasteiger partial charge on any atom is -0.469 e. The van der Waals surface area contributed by atoms with Crippen LogP contribution in [-0.2, 0) is 9.53 Å². The fourth-order valence-electron chi connectivity index (χ4n) is 1.71. The van der Waals surface area contributed by atoms with Crippen molar-refractivity contribution in [1.29, 1.82) is 0 Å². The topological polar surface area (TPSA) is 43.4 Å². The molecule has 0 aromatic heterocycles. The number of hydrogen-bond donors (Lipinski definition) is 0. The Morgan fingerprint density at radius 3 is 2.53 bits per heavy atom. The number of Topliss-reactive ketones (excluding diaryl/α,β-unsaturated/α-hetero) is 1. The Kier molecular flexibility index (Phi) is 4.44. The molecule has 0 amide bonds. The Hall–Kier alpha value is -1.64. The summed E-state index contributed by atoms with van der Waals surface area (Å²) in [6.45, 7) is 5.55. The normalized spacial score (nSPS) is 12.0. The Labute approximate surface area is 102 Å². The zero-order chi connectivity index (χ0) is 13.0. The first-order valence-electron chi connectivity index (χ1n) is 5.64. The van der Waals surface area contributed by atoms with Gasteiger partial charge in [0.25, 0.3) is 0 Å². The van der Waals surface area contributed by atoms with Crippen LogP contribution < -0.4 is 0 Å². The van der Waals surface area contributed by atoms with E-state index in [1.165, 1.54) is 7.11 Å². The van der Waals surface area contributed by atoms with Gasteiger partial charge in [-0.15, -0.1) is 0 Å². The first-order chi connectivity index (χ1) is 7.95. The van der Waals surface area contributed by atoms with E-state index in [0.717, 1.165) is 11.1 Å². The number of aryl methyl sites for hydroxylation is 2. The number of carbonyl (C=O) groups excluding carboxylic acids is 2. The molecule has 1 rings (SSSR count). The molecular weight excluding hydrogens is 216 g/mol. The van der Waals surface area contributed by atoms with Crippen molar-refractivity contribution < 1.29 is 14.3 Å². The molecule has 1 atom stereocenters. The summed E-state index contributed by atoms with van der Waals surface area (Å²) in [4.78, 5) is 23.3. The molecular formula is C14H18O3. The van der Waals surface area contributed by atoms with Gasteiger partial charge in [0.2, 0.25) is 0 Å². The highest BCUT2D eigenvalue weighted by molar-refractivity contribution is 5.99. The molecule has 92 valence electrons. The number of benzene rings is 1. The van der Waals surface area contributed by atoms with Gasteiger partial charge in [0.05, 0.1) is 13.0 Å². The average molecular weight is 234 g/mol. The quantitative estimate of drug-likeness (QED) is 0.594. The van der Waals surface area contributed by atoms with Gasteiger partial charge < -0.3 is 4.74 Å². The molecule has 0 radical (unpaired) electrons. The van der Waals surface area contributed by atoms with Crippen molar-refractivity contribution in [2.45, 2.75) is 27.2 Å². The van der Waals surface area contributed by atoms with Crippen molar-refractivity contribution >= 4 is 11.8 Å². The number of ether oxygens (including phenoxy) is 1. The van der Waals surface area contributed by atoms with E-state index < -0.39 is 5.92 Å². The molecule has 1 aromatic rings. The van der Waals surface area contributed by atoms with E-state index in [0.29, 0.717) is 5.56 Å². The lowest BCUT2D eigenvalue weighted by atomic mass is 9.95. The zero-order valence-electron chi connectivity index (χ0n) is 10.7. The SMILES string of the molecule is COC(=O)C(C)CC(=O)c1cc(C)ccc1C. The number of methoxy groups -OCH3 is 1. The summed E-state index contributed by atoms with van der Waals surface area (Å²) in [5.41, 5.74) is 2.68. The third-order valence-electron chi connectivity index (χ3n) is 2.79. The molecule has 1 aromatic carbocycles. The van der Waals surface area contributed by atoms with Crippen molar-refractivity contribution in [2.24, 2.45) is 5.92 Å². The Balaban J connectivity index is 2.83. The number of ketones is 1. The highest BCUT2D eigenvalue weighted by Gasteiger charge is 2.19. The summed E-state index contributed by atoms with van der Waals surface area (Å²) >= 11 is 0. The van der Waals surface area contributed by atoms with Crippen molar-refractivity contribution in [3.8, 4) is 0 Å². The Bertz CT molecular complexity index is 435. The number of esters is 1. The van der Waals surface area contributed by atoms with Crippen LogP contribution in [0.25, 0.3) is 0 Å². The van der Waals surface area contributed by atoms with Crippen LogP contribution in [0.15, 0.2) is 18.2 Å². The van der Waals surface area contributed by atoms with Crippen molar-refractivity contribution in [3.05, 3.63) is 34.9 Å². The first kappa shape index (κ1) is 13.4. The monoisotopic (exact) mass is 234 g/mol. The van der Waals surface area contributed by atoms with Crippen LogP contribution in [0.2, 0.25) is 0 Å². The van der Waals surface area contributed by atoms with E-state index >= 15 is 0 Å². The van der Waals surface area contributed by atoms with E-state index in [9.17, 15) is 9.59 Å². The van der Waals surface area contributed by atoms with Gasteiger partial charge in [0.1, 0.15) is 0 Å². The molecule has 0 saturated carbocycles. The maximum Gasteiger partial charge on any atom is 0.308 e. The molecule has 0 fully saturated rings. The fraction of sp³-hybridized carbons (Fsp3) is 0.429. The third-order valence-corrected chi connectivity index (χ3v) is 2.79. The highest BCUT2D eigenvalue weighted by atomic mass is 16.5. The molecule has 0 aliphatic heterocycles. The average Bonchev–Trinajstić information content (AvgIpc) is 2.30. The first-order valence-corrected chi connectivity index (χ1v) is 5.64. The van der Waals surface area contributed by atoms with Gasteiger partial charge in [0, 0.05) is 12.0 Å². The summed E-state index contributed by atoms with van der Waals surface area (Å²) in [6, 6.07) is 5.75. The van der Waals surface area contributed by atoms with Crippen molar-refractivity contribution in [1.82, 2.24) is 0 Å². The van der Waals surface area contributed by atoms with Crippen LogP contribution >= 0.6 is 0 Å². The number of hydrogen-bond acceptors (Lipinski definition) is 3. The summed E-state index contributed by atoms with van der Waals surface area (Å²) in [7, 11) is 1.33. The van der Waals surface area contributed by atoms with Gasteiger partial charge in [-0.1, -0.05) is 24.6 Å². The molecule has 0 heterocycles. The largest absolute Gasteiger partial charge is 0.469 e. The lowest BCUT2D eigenvalue weighted by Gasteiger charge is -2.10. The second-order valence-electron chi connectivity index (χ2n) is 4.37. The number of carbonyl (C=O) groups is 2. The van der Waals surface area contributed by atoms with Gasteiger partial charge in [-0.05, 0) is 25.5 Å². The molecule has 0 aliphatic rings. The third kappa shape index (κ3) is 3.41. The predicted octanol–water partition coefficient (Wildman–Crippen LogP) is 2.69. The van der Waals surface area contributed by atoms with Crippen LogP contribution in [0.5, 0.6) is 0 Å². The summed E-state index contributed by atoms with van der Waals surface area (Å²) in [6.07, 6.45) is 0.191. The van der Waals surface area contributed by atoms with Crippen LogP contribution in [0, 0.1) is 19.8 Å². The van der Waals surface area contributed by atoms with E-state index in [-0.39, 0.29) is 18.2 Å². The standard InChI is InChI=1S/C14H18O3/c1-9-5-6-10(2)12(7-9)13(15)8-11(3)14(16)17-4/h5-7,11H,8H2,1-4H3. The van der Waals surface area contributed by atoms with Crippen LogP contribution in [0.1, 0.15) is 34.8 Å². The fourth-order valence-corrected chi connectivity index (χ4v) is 1.71. The lowest BCUT2D eigenvalue weighted by Crippen LogP contribution is -2.17. The molecule has 0 spiro atoms. The molecule has 0 aliphatic carbocycles. The molecule has 3 nitrogen and oxygen atoms in total. The minimum atomic E-state index is -0.396. The van der Waals surface area contributed by atoms with E-state index in [1.54, 1.807) is 6.92 Å². The van der Waals surface area contributed by atoms with E-state index in [4.69, 9.17) is 0 Å². The molecule has 0 saturated heterocycles. The van der Waals surface area contributed by atoms with Crippen molar-refractivity contribution in [3.63, 3.8) is 0 Å². The van der Waals surface area contributed by atoms with Gasteiger partial charge in [-0.3, -0.25) is 9.59 Å².